The number of ether oxygens (including phenoxy) is 3. The lowest BCUT2D eigenvalue weighted by Crippen LogP contribution is -2.25. The van der Waals surface area contributed by atoms with Gasteiger partial charge in [-0.1, -0.05) is 13.5 Å². The summed E-state index contributed by atoms with van der Waals surface area (Å²) in [6, 6.07) is 7.60. The van der Waals surface area contributed by atoms with E-state index >= 15 is 0 Å². The smallest absolute Gasteiger partial charge is 0.257 e. The fourth-order valence-corrected chi connectivity index (χ4v) is 4.71. The fourth-order valence-electron chi connectivity index (χ4n) is 4.71. The van der Waals surface area contributed by atoms with Gasteiger partial charge >= 0.3 is 0 Å². The van der Waals surface area contributed by atoms with Crippen molar-refractivity contribution in [3.63, 3.8) is 0 Å². The highest BCUT2D eigenvalue weighted by molar-refractivity contribution is 6.02. The SMILES string of the molecule is C=CC(F)Oc1cc(-c2cnc3cc(C4COC4)ccn23)cc(OC)c1C(=O)CCC(C)C1CC1. The van der Waals surface area contributed by atoms with Gasteiger partial charge in [-0.2, -0.15) is 4.39 Å². The zero-order valence-corrected chi connectivity index (χ0v) is 20.2. The largest absolute Gasteiger partial charge is 0.496 e. The Labute approximate surface area is 204 Å². The van der Waals surface area contributed by atoms with Gasteiger partial charge < -0.3 is 14.2 Å². The summed E-state index contributed by atoms with van der Waals surface area (Å²) in [7, 11) is 1.51. The topological polar surface area (TPSA) is 62.1 Å². The zero-order valence-electron chi connectivity index (χ0n) is 20.2. The molecule has 2 aromatic heterocycles. The van der Waals surface area contributed by atoms with Crippen molar-refractivity contribution in [1.29, 1.82) is 0 Å². The maximum Gasteiger partial charge on any atom is 0.257 e. The molecule has 1 aromatic carbocycles. The maximum absolute atomic E-state index is 14.3. The number of imidazole rings is 1. The monoisotopic (exact) mass is 478 g/mol. The van der Waals surface area contributed by atoms with E-state index in [9.17, 15) is 9.18 Å². The molecule has 1 aliphatic carbocycles. The lowest BCUT2D eigenvalue weighted by atomic mass is 9.95. The fraction of sp³-hybridized carbons (Fsp3) is 0.429. The summed E-state index contributed by atoms with van der Waals surface area (Å²) >= 11 is 0. The molecular formula is C28H31FN2O4. The number of alkyl halides is 1. The van der Waals surface area contributed by atoms with Gasteiger partial charge in [-0.25, -0.2) is 4.98 Å². The summed E-state index contributed by atoms with van der Waals surface area (Å²) in [4.78, 5) is 17.8. The second-order valence-electron chi connectivity index (χ2n) is 9.60. The summed E-state index contributed by atoms with van der Waals surface area (Å²) < 4.78 is 32.7. The van der Waals surface area contributed by atoms with Crippen LogP contribution in [0.5, 0.6) is 11.5 Å². The van der Waals surface area contributed by atoms with E-state index in [1.54, 1.807) is 18.3 Å². The number of ketones is 1. The van der Waals surface area contributed by atoms with E-state index in [-0.39, 0.29) is 17.1 Å². The van der Waals surface area contributed by atoms with Gasteiger partial charge in [0.15, 0.2) is 5.78 Å². The third-order valence-electron chi connectivity index (χ3n) is 7.19. The van der Waals surface area contributed by atoms with E-state index in [4.69, 9.17) is 14.2 Å². The van der Waals surface area contributed by atoms with Crippen LogP contribution in [0.15, 0.2) is 49.3 Å². The Morgan fingerprint density at radius 2 is 2.09 bits per heavy atom. The molecule has 0 radical (unpaired) electrons. The Morgan fingerprint density at radius 3 is 2.74 bits per heavy atom. The first-order valence-corrected chi connectivity index (χ1v) is 12.2. The molecule has 0 amide bonds. The molecule has 1 saturated carbocycles. The summed E-state index contributed by atoms with van der Waals surface area (Å²) in [5.41, 5.74) is 3.76. The Hall–Kier alpha value is -3.19. The molecule has 3 aromatic rings. The third kappa shape index (κ3) is 4.82. The summed E-state index contributed by atoms with van der Waals surface area (Å²) in [5, 5.41) is 0. The molecule has 184 valence electrons. The van der Waals surface area contributed by atoms with E-state index in [1.807, 2.05) is 10.6 Å². The van der Waals surface area contributed by atoms with Crippen molar-refractivity contribution in [2.75, 3.05) is 20.3 Å². The van der Waals surface area contributed by atoms with Gasteiger partial charge in [0.1, 0.15) is 22.7 Å². The average molecular weight is 479 g/mol. The molecule has 2 atom stereocenters. The minimum absolute atomic E-state index is 0.113. The number of halogens is 1. The number of carbonyl (C=O) groups excluding carboxylic acids is 1. The van der Waals surface area contributed by atoms with E-state index in [1.165, 1.54) is 25.5 Å². The van der Waals surface area contributed by atoms with Crippen molar-refractivity contribution in [1.82, 2.24) is 9.38 Å². The number of aromatic nitrogens is 2. The third-order valence-corrected chi connectivity index (χ3v) is 7.19. The van der Waals surface area contributed by atoms with Crippen molar-refractivity contribution in [3.05, 3.63) is 60.4 Å². The predicted molar refractivity (Wildman–Crippen MR) is 132 cm³/mol. The molecule has 0 bridgehead atoms. The summed E-state index contributed by atoms with van der Waals surface area (Å²) in [5.74, 6) is 1.99. The maximum atomic E-state index is 14.3. The van der Waals surface area contributed by atoms with Gasteiger partial charge in [-0.15, -0.1) is 0 Å². The Bertz CT molecular complexity index is 1250. The number of benzene rings is 1. The predicted octanol–water partition coefficient (Wildman–Crippen LogP) is 5.99. The van der Waals surface area contributed by atoms with Crippen LogP contribution in [0.25, 0.3) is 16.9 Å². The Balaban J connectivity index is 1.51. The average Bonchev–Trinajstić information content (AvgIpc) is 3.60. The second kappa shape index (κ2) is 9.82. The first-order valence-electron chi connectivity index (χ1n) is 12.2. The molecule has 6 nitrogen and oxygen atoms in total. The summed E-state index contributed by atoms with van der Waals surface area (Å²) in [6.45, 7) is 7.11. The van der Waals surface area contributed by atoms with Crippen LogP contribution < -0.4 is 9.47 Å². The Morgan fingerprint density at radius 1 is 1.31 bits per heavy atom. The van der Waals surface area contributed by atoms with Crippen LogP contribution in [-0.2, 0) is 4.74 Å². The van der Waals surface area contributed by atoms with Gasteiger partial charge in [-0.3, -0.25) is 9.20 Å². The normalized spacial score (nSPS) is 17.6. The van der Waals surface area contributed by atoms with Crippen LogP contribution in [-0.4, -0.2) is 41.8 Å². The lowest BCUT2D eigenvalue weighted by Gasteiger charge is -2.26. The van der Waals surface area contributed by atoms with Gasteiger partial charge in [-0.05, 0) is 67.0 Å². The highest BCUT2D eigenvalue weighted by Crippen LogP contribution is 2.41. The first kappa shape index (κ1) is 23.5. The van der Waals surface area contributed by atoms with E-state index in [2.05, 4.69) is 30.6 Å². The molecule has 3 heterocycles. The molecule has 1 saturated heterocycles. The number of hydrogen-bond acceptors (Lipinski definition) is 5. The molecule has 0 N–H and O–H groups in total. The molecule has 2 unspecified atom stereocenters. The highest BCUT2D eigenvalue weighted by Gasteiger charge is 2.29. The molecule has 7 heteroatoms. The van der Waals surface area contributed by atoms with E-state index in [0.29, 0.717) is 35.5 Å². The van der Waals surface area contributed by atoms with Crippen molar-refractivity contribution < 1.29 is 23.4 Å². The van der Waals surface area contributed by atoms with Gasteiger partial charge in [0.05, 0.1) is 32.2 Å². The van der Waals surface area contributed by atoms with Gasteiger partial charge in [0, 0.05) is 24.1 Å². The number of rotatable bonds is 11. The van der Waals surface area contributed by atoms with Crippen LogP contribution >= 0.6 is 0 Å². The molecule has 2 fully saturated rings. The van der Waals surface area contributed by atoms with Crippen molar-refractivity contribution in [2.24, 2.45) is 11.8 Å². The van der Waals surface area contributed by atoms with Gasteiger partial charge in [0.2, 0.25) is 0 Å². The number of methoxy groups -OCH3 is 1. The minimum atomic E-state index is -1.75. The quantitative estimate of drug-likeness (QED) is 0.250. The zero-order chi connectivity index (χ0) is 24.5. The van der Waals surface area contributed by atoms with Crippen LogP contribution in [0.3, 0.4) is 0 Å². The van der Waals surface area contributed by atoms with E-state index < -0.39 is 6.36 Å². The van der Waals surface area contributed by atoms with Crippen LogP contribution in [0.4, 0.5) is 4.39 Å². The number of fused-ring (bicyclic) bond motifs is 1. The molecule has 5 rings (SSSR count). The minimum Gasteiger partial charge on any atom is -0.496 e. The van der Waals surface area contributed by atoms with Crippen molar-refractivity contribution in [3.8, 4) is 22.8 Å². The molecule has 35 heavy (non-hydrogen) atoms. The number of carbonyl (C=O) groups is 1. The summed E-state index contributed by atoms with van der Waals surface area (Å²) in [6.07, 6.45) is 6.66. The van der Waals surface area contributed by atoms with E-state index in [0.717, 1.165) is 37.1 Å². The molecule has 1 aliphatic heterocycles. The number of nitrogens with zero attached hydrogens (tertiary/aromatic N) is 2. The number of Topliss-reactive ketones (excluding diaryl/α,β-unsaturated/α-hetero) is 1. The van der Waals surface area contributed by atoms with Crippen molar-refractivity contribution >= 4 is 11.4 Å². The van der Waals surface area contributed by atoms with Crippen LogP contribution in [0, 0.1) is 11.8 Å². The Kier molecular flexibility index (Phi) is 6.60. The van der Waals surface area contributed by atoms with Crippen molar-refractivity contribution in [2.45, 2.75) is 44.9 Å². The standard InChI is InChI=1S/C28H31FN2O4/c1-4-26(29)35-25-12-20(11-24(33-3)28(25)23(32)8-5-17(2)18-6-7-18)22-14-30-27-13-19(9-10-31(22)27)21-15-34-16-21/h4,9-14,17-18,21,26H,1,5-8,15-16H2,2-3H3. The number of hydrogen-bond donors (Lipinski definition) is 0. The molecule has 0 spiro atoms. The molecular weight excluding hydrogens is 447 g/mol. The lowest BCUT2D eigenvalue weighted by molar-refractivity contribution is 0.00843. The number of pyridine rings is 1. The van der Waals surface area contributed by atoms with Gasteiger partial charge in [0.25, 0.3) is 6.36 Å². The van der Waals surface area contributed by atoms with Crippen LogP contribution in [0.1, 0.15) is 54.4 Å². The molecule has 2 aliphatic rings. The second-order valence-corrected chi connectivity index (χ2v) is 9.60. The van der Waals surface area contributed by atoms with Crippen LogP contribution in [0.2, 0.25) is 0 Å². The first-order chi connectivity index (χ1) is 17.0. The highest BCUT2D eigenvalue weighted by atomic mass is 19.1.